The highest BCUT2D eigenvalue weighted by molar-refractivity contribution is 5.94. The zero-order valence-corrected chi connectivity index (χ0v) is 14.5. The number of benzene rings is 2. The number of hydrogen-bond acceptors (Lipinski definition) is 3. The number of halogens is 1. The third kappa shape index (κ3) is 4.08. The second-order valence-electron chi connectivity index (χ2n) is 6.40. The first kappa shape index (κ1) is 18.1. The van der Waals surface area contributed by atoms with Gasteiger partial charge in [0.25, 0.3) is 5.91 Å². The van der Waals surface area contributed by atoms with E-state index in [1.165, 1.54) is 12.1 Å². The Morgan fingerprint density at radius 1 is 0.923 bits per heavy atom. The van der Waals surface area contributed by atoms with Gasteiger partial charge in [0.05, 0.1) is 0 Å². The summed E-state index contributed by atoms with van der Waals surface area (Å²) in [6.45, 7) is 2.31. The maximum Gasteiger partial charge on any atom is 0.253 e. The molecule has 0 spiro atoms. The van der Waals surface area contributed by atoms with Gasteiger partial charge in [-0.3, -0.25) is 14.5 Å². The average molecular weight is 355 g/mol. The van der Waals surface area contributed by atoms with Gasteiger partial charge in [-0.05, 0) is 36.2 Å². The first-order valence-corrected chi connectivity index (χ1v) is 8.69. The van der Waals surface area contributed by atoms with Crippen LogP contribution in [-0.4, -0.2) is 47.8 Å². The predicted molar refractivity (Wildman–Crippen MR) is 96.9 cm³/mol. The van der Waals surface area contributed by atoms with Gasteiger partial charge in [0.1, 0.15) is 11.9 Å². The molecule has 26 heavy (non-hydrogen) atoms. The third-order valence-electron chi connectivity index (χ3n) is 4.66. The molecule has 6 heteroatoms. The molecule has 2 N–H and O–H groups in total. The molecule has 0 saturated carbocycles. The van der Waals surface area contributed by atoms with Gasteiger partial charge in [-0.25, -0.2) is 4.39 Å². The van der Waals surface area contributed by atoms with Gasteiger partial charge in [0, 0.05) is 31.7 Å². The maximum atomic E-state index is 13.2. The van der Waals surface area contributed by atoms with Crippen molar-refractivity contribution in [2.45, 2.75) is 12.5 Å². The second kappa shape index (κ2) is 8.10. The minimum atomic E-state index is -0.623. The van der Waals surface area contributed by atoms with Crippen molar-refractivity contribution in [3.8, 4) is 0 Å². The van der Waals surface area contributed by atoms with E-state index in [1.807, 2.05) is 23.1 Å². The molecule has 1 unspecified atom stereocenters. The fourth-order valence-electron chi connectivity index (χ4n) is 3.36. The highest BCUT2D eigenvalue weighted by Crippen LogP contribution is 2.23. The SMILES string of the molecule is NC(=O)C(c1ccc(F)cc1)N1CCCN(C(=O)c2ccccc2)CC1. The molecule has 136 valence electrons. The van der Waals surface area contributed by atoms with Crippen molar-refractivity contribution in [2.24, 2.45) is 5.73 Å². The van der Waals surface area contributed by atoms with Gasteiger partial charge in [0.2, 0.25) is 5.91 Å². The van der Waals surface area contributed by atoms with E-state index >= 15 is 0 Å². The minimum absolute atomic E-state index is 0.00939. The lowest BCUT2D eigenvalue weighted by Crippen LogP contribution is -2.40. The molecule has 2 aromatic carbocycles. The Kier molecular flexibility index (Phi) is 5.63. The molecular weight excluding hydrogens is 333 g/mol. The highest BCUT2D eigenvalue weighted by Gasteiger charge is 2.29. The standard InChI is InChI=1S/C20H22FN3O2/c21-17-9-7-15(8-10-17)18(19(22)25)23-11-4-12-24(14-13-23)20(26)16-5-2-1-3-6-16/h1-3,5-10,18H,4,11-14H2,(H2,22,25). The molecule has 0 aromatic heterocycles. The quantitative estimate of drug-likeness (QED) is 0.914. The molecule has 5 nitrogen and oxygen atoms in total. The van der Waals surface area contributed by atoms with Crippen LogP contribution in [0.5, 0.6) is 0 Å². The molecule has 1 fully saturated rings. The number of carbonyl (C=O) groups is 2. The molecule has 1 atom stereocenters. The molecule has 0 bridgehead atoms. The summed E-state index contributed by atoms with van der Waals surface area (Å²) >= 11 is 0. The summed E-state index contributed by atoms with van der Waals surface area (Å²) in [6.07, 6.45) is 0.740. The van der Waals surface area contributed by atoms with Crippen LogP contribution in [-0.2, 0) is 4.79 Å². The number of carbonyl (C=O) groups excluding carboxylic acids is 2. The monoisotopic (exact) mass is 355 g/mol. The smallest absolute Gasteiger partial charge is 0.253 e. The molecule has 2 amide bonds. The van der Waals surface area contributed by atoms with E-state index in [0.717, 1.165) is 6.42 Å². The Morgan fingerprint density at radius 2 is 1.62 bits per heavy atom. The van der Waals surface area contributed by atoms with Gasteiger partial charge >= 0.3 is 0 Å². The van der Waals surface area contributed by atoms with Crippen LogP contribution < -0.4 is 5.73 Å². The van der Waals surface area contributed by atoms with Crippen LogP contribution >= 0.6 is 0 Å². The lowest BCUT2D eigenvalue weighted by molar-refractivity contribution is -0.123. The van der Waals surface area contributed by atoms with Crippen LogP contribution in [0.4, 0.5) is 4.39 Å². The Hall–Kier alpha value is -2.73. The summed E-state index contributed by atoms with van der Waals surface area (Å²) in [5.74, 6) is -0.836. The van der Waals surface area contributed by atoms with E-state index < -0.39 is 11.9 Å². The van der Waals surface area contributed by atoms with Crippen molar-refractivity contribution in [2.75, 3.05) is 26.2 Å². The number of nitrogens with two attached hydrogens (primary N) is 1. The van der Waals surface area contributed by atoms with Crippen molar-refractivity contribution in [1.82, 2.24) is 9.80 Å². The fourth-order valence-corrected chi connectivity index (χ4v) is 3.36. The summed E-state index contributed by atoms with van der Waals surface area (Å²) in [7, 11) is 0. The van der Waals surface area contributed by atoms with E-state index in [-0.39, 0.29) is 11.7 Å². The van der Waals surface area contributed by atoms with Gasteiger partial charge in [0.15, 0.2) is 0 Å². The zero-order valence-electron chi connectivity index (χ0n) is 14.5. The van der Waals surface area contributed by atoms with Crippen LogP contribution in [0.15, 0.2) is 54.6 Å². The largest absolute Gasteiger partial charge is 0.368 e. The number of amides is 2. The number of hydrogen-bond donors (Lipinski definition) is 1. The van der Waals surface area contributed by atoms with Crippen molar-refractivity contribution in [1.29, 1.82) is 0 Å². The Balaban J connectivity index is 1.73. The topological polar surface area (TPSA) is 66.6 Å². The summed E-state index contributed by atoms with van der Waals surface area (Å²) in [5, 5.41) is 0. The van der Waals surface area contributed by atoms with Crippen molar-refractivity contribution in [3.63, 3.8) is 0 Å². The maximum absolute atomic E-state index is 13.2. The fraction of sp³-hybridized carbons (Fsp3) is 0.300. The normalized spacial score (nSPS) is 16.7. The van der Waals surface area contributed by atoms with Crippen LogP contribution in [0.25, 0.3) is 0 Å². The van der Waals surface area contributed by atoms with E-state index in [9.17, 15) is 14.0 Å². The van der Waals surface area contributed by atoms with Crippen LogP contribution in [0.1, 0.15) is 28.4 Å². The van der Waals surface area contributed by atoms with E-state index in [2.05, 4.69) is 0 Å². The summed E-state index contributed by atoms with van der Waals surface area (Å²) < 4.78 is 13.2. The third-order valence-corrected chi connectivity index (χ3v) is 4.66. The van der Waals surface area contributed by atoms with E-state index in [1.54, 1.807) is 29.2 Å². The number of rotatable bonds is 4. The molecule has 0 radical (unpaired) electrons. The van der Waals surface area contributed by atoms with E-state index in [4.69, 9.17) is 5.73 Å². The van der Waals surface area contributed by atoms with Gasteiger partial charge in [-0.15, -0.1) is 0 Å². The first-order valence-electron chi connectivity index (χ1n) is 8.69. The summed E-state index contributed by atoms with van der Waals surface area (Å²) in [6, 6.07) is 14.4. The van der Waals surface area contributed by atoms with Gasteiger partial charge in [-0.1, -0.05) is 30.3 Å². The first-order chi connectivity index (χ1) is 12.6. The number of primary amides is 1. The van der Waals surface area contributed by atoms with Gasteiger partial charge < -0.3 is 10.6 Å². The zero-order chi connectivity index (χ0) is 18.5. The Labute approximate surface area is 152 Å². The van der Waals surface area contributed by atoms with Crippen molar-refractivity contribution >= 4 is 11.8 Å². The van der Waals surface area contributed by atoms with Crippen LogP contribution in [0.3, 0.4) is 0 Å². The summed E-state index contributed by atoms with van der Waals surface area (Å²) in [5.41, 5.74) is 6.95. The number of nitrogens with zero attached hydrogens (tertiary/aromatic N) is 2. The lowest BCUT2D eigenvalue weighted by Gasteiger charge is -2.28. The molecule has 1 saturated heterocycles. The van der Waals surface area contributed by atoms with Crippen molar-refractivity contribution < 1.29 is 14.0 Å². The van der Waals surface area contributed by atoms with Crippen LogP contribution in [0, 0.1) is 5.82 Å². The molecule has 1 aliphatic rings. The Morgan fingerprint density at radius 3 is 2.27 bits per heavy atom. The minimum Gasteiger partial charge on any atom is -0.368 e. The molecular formula is C20H22FN3O2. The summed E-state index contributed by atoms with van der Waals surface area (Å²) in [4.78, 5) is 28.5. The second-order valence-corrected chi connectivity index (χ2v) is 6.40. The predicted octanol–water partition coefficient (Wildman–Crippen LogP) is 2.20. The molecule has 0 aliphatic carbocycles. The molecule has 1 heterocycles. The van der Waals surface area contributed by atoms with E-state index in [0.29, 0.717) is 37.3 Å². The lowest BCUT2D eigenvalue weighted by atomic mass is 10.0. The molecule has 3 rings (SSSR count). The average Bonchev–Trinajstić information content (AvgIpc) is 2.89. The van der Waals surface area contributed by atoms with Gasteiger partial charge in [-0.2, -0.15) is 0 Å². The highest BCUT2D eigenvalue weighted by atomic mass is 19.1. The van der Waals surface area contributed by atoms with Crippen molar-refractivity contribution in [3.05, 3.63) is 71.5 Å². The van der Waals surface area contributed by atoms with Crippen LogP contribution in [0.2, 0.25) is 0 Å². The molecule has 2 aromatic rings. The Bertz CT molecular complexity index is 764. The molecule has 1 aliphatic heterocycles.